The first-order valence-corrected chi connectivity index (χ1v) is 9.90. The Morgan fingerprint density at radius 2 is 1.96 bits per heavy atom. The molecule has 0 saturated carbocycles. The van der Waals surface area contributed by atoms with Gasteiger partial charge in [0.25, 0.3) is 0 Å². The lowest BCUT2D eigenvalue weighted by Crippen LogP contribution is -2.45. The van der Waals surface area contributed by atoms with Gasteiger partial charge in [-0.3, -0.25) is 19.4 Å². The second-order valence-corrected chi connectivity index (χ2v) is 8.82. The minimum absolute atomic E-state index is 0.240. The van der Waals surface area contributed by atoms with Gasteiger partial charge in [-0.2, -0.15) is 5.10 Å². The third-order valence-corrected chi connectivity index (χ3v) is 5.11. The summed E-state index contributed by atoms with van der Waals surface area (Å²) in [7, 11) is 0. The third-order valence-electron chi connectivity index (χ3n) is 5.11. The molecule has 0 radical (unpaired) electrons. The van der Waals surface area contributed by atoms with Gasteiger partial charge >= 0.3 is 0 Å². The van der Waals surface area contributed by atoms with Gasteiger partial charge < -0.3 is 4.90 Å². The zero-order valence-corrected chi connectivity index (χ0v) is 17.1. The maximum Gasteiger partial charge on any atom is 0.227 e. The molecule has 6 nitrogen and oxygen atoms in total. The fourth-order valence-electron chi connectivity index (χ4n) is 3.81. The van der Waals surface area contributed by atoms with E-state index in [0.29, 0.717) is 5.92 Å². The molecule has 0 aromatic carbocycles. The molecule has 0 bridgehead atoms. The van der Waals surface area contributed by atoms with E-state index in [1.54, 1.807) is 12.4 Å². The highest BCUT2D eigenvalue weighted by molar-refractivity contribution is 5.81. The van der Waals surface area contributed by atoms with Gasteiger partial charge in [0.05, 0.1) is 11.4 Å². The molecular formula is C21H31N5O. The van der Waals surface area contributed by atoms with Crippen LogP contribution in [0.3, 0.4) is 0 Å². The van der Waals surface area contributed by atoms with Crippen molar-refractivity contribution in [2.45, 2.75) is 59.9 Å². The first-order valence-electron chi connectivity index (χ1n) is 9.90. The van der Waals surface area contributed by atoms with Crippen LogP contribution in [0.15, 0.2) is 24.7 Å². The molecule has 3 heterocycles. The molecule has 1 amide bonds. The lowest BCUT2D eigenvalue weighted by molar-refractivity contribution is -0.141. The van der Waals surface area contributed by atoms with Crippen molar-refractivity contribution in [1.29, 1.82) is 0 Å². The average molecular weight is 370 g/mol. The maximum absolute atomic E-state index is 12.7. The summed E-state index contributed by atoms with van der Waals surface area (Å²) in [4.78, 5) is 24.0. The number of nitrogens with zero attached hydrogens (tertiary/aromatic N) is 5. The molecule has 2 aromatic rings. The van der Waals surface area contributed by atoms with E-state index in [-0.39, 0.29) is 17.4 Å². The molecular weight excluding hydrogens is 338 g/mol. The standard InChI is InChI=1S/C21H31N5O/c1-15(2)26-18(8-9-24-26)19-17(22-10-11-23-19)13-16-7-6-12-25(14-16)20(27)21(3,4)5/h8-11,15-16H,6-7,12-14H2,1-5H3. The van der Waals surface area contributed by atoms with Crippen LogP contribution in [-0.4, -0.2) is 43.6 Å². The highest BCUT2D eigenvalue weighted by Crippen LogP contribution is 2.28. The van der Waals surface area contributed by atoms with Gasteiger partial charge in [0, 0.05) is 43.1 Å². The monoisotopic (exact) mass is 369 g/mol. The zero-order chi connectivity index (χ0) is 19.6. The van der Waals surface area contributed by atoms with Crippen LogP contribution in [0.25, 0.3) is 11.4 Å². The molecule has 1 saturated heterocycles. The van der Waals surface area contributed by atoms with Crippen LogP contribution in [0.2, 0.25) is 0 Å². The molecule has 3 rings (SSSR count). The summed E-state index contributed by atoms with van der Waals surface area (Å²) < 4.78 is 1.99. The summed E-state index contributed by atoms with van der Waals surface area (Å²) in [6, 6.07) is 2.27. The van der Waals surface area contributed by atoms with Crippen LogP contribution < -0.4 is 0 Å². The summed E-state index contributed by atoms with van der Waals surface area (Å²) in [6.07, 6.45) is 8.32. The first kappa shape index (κ1) is 19.5. The van der Waals surface area contributed by atoms with Gasteiger partial charge in [0.1, 0.15) is 5.69 Å². The van der Waals surface area contributed by atoms with E-state index < -0.39 is 0 Å². The van der Waals surface area contributed by atoms with Crippen LogP contribution >= 0.6 is 0 Å². The largest absolute Gasteiger partial charge is 0.342 e. The summed E-state index contributed by atoms with van der Waals surface area (Å²) in [5.41, 5.74) is 2.58. The molecule has 0 spiro atoms. The predicted octanol–water partition coefficient (Wildman–Crippen LogP) is 3.75. The molecule has 27 heavy (non-hydrogen) atoms. The van der Waals surface area contributed by atoms with Gasteiger partial charge in [0.15, 0.2) is 0 Å². The number of hydrogen-bond acceptors (Lipinski definition) is 4. The Hall–Kier alpha value is -2.24. The van der Waals surface area contributed by atoms with Gasteiger partial charge in [-0.05, 0) is 45.1 Å². The van der Waals surface area contributed by atoms with E-state index >= 15 is 0 Å². The van der Waals surface area contributed by atoms with E-state index in [2.05, 4.69) is 28.9 Å². The minimum atomic E-state index is -0.330. The molecule has 1 aliphatic heterocycles. The highest BCUT2D eigenvalue weighted by atomic mass is 16.2. The second-order valence-electron chi connectivity index (χ2n) is 8.82. The fourth-order valence-corrected chi connectivity index (χ4v) is 3.81. The molecule has 0 N–H and O–H groups in total. The van der Waals surface area contributed by atoms with Crippen molar-refractivity contribution >= 4 is 5.91 Å². The van der Waals surface area contributed by atoms with Crippen molar-refractivity contribution in [3.63, 3.8) is 0 Å². The Kier molecular flexibility index (Phi) is 5.63. The van der Waals surface area contributed by atoms with Gasteiger partial charge in [0.2, 0.25) is 5.91 Å². The Bertz CT molecular complexity index is 790. The Balaban J connectivity index is 1.80. The van der Waals surface area contributed by atoms with E-state index in [1.807, 2.05) is 42.6 Å². The topological polar surface area (TPSA) is 63.9 Å². The lowest BCUT2D eigenvalue weighted by atomic mass is 9.89. The Morgan fingerprint density at radius 3 is 2.67 bits per heavy atom. The molecule has 1 fully saturated rings. The summed E-state index contributed by atoms with van der Waals surface area (Å²) in [5.74, 6) is 0.653. The quantitative estimate of drug-likeness (QED) is 0.823. The van der Waals surface area contributed by atoms with Crippen molar-refractivity contribution in [3.8, 4) is 11.4 Å². The Morgan fingerprint density at radius 1 is 1.22 bits per heavy atom. The van der Waals surface area contributed by atoms with Crippen molar-refractivity contribution in [1.82, 2.24) is 24.6 Å². The molecule has 1 atom stereocenters. The van der Waals surface area contributed by atoms with Crippen LogP contribution in [-0.2, 0) is 11.2 Å². The lowest BCUT2D eigenvalue weighted by Gasteiger charge is -2.36. The Labute approximate surface area is 162 Å². The smallest absolute Gasteiger partial charge is 0.227 e. The predicted molar refractivity (Wildman–Crippen MR) is 106 cm³/mol. The number of aromatic nitrogens is 4. The molecule has 2 aromatic heterocycles. The van der Waals surface area contributed by atoms with E-state index in [1.165, 1.54) is 0 Å². The number of likely N-dealkylation sites (tertiary alicyclic amines) is 1. The van der Waals surface area contributed by atoms with Crippen molar-refractivity contribution in [2.24, 2.45) is 11.3 Å². The number of hydrogen-bond donors (Lipinski definition) is 0. The average Bonchev–Trinajstić information content (AvgIpc) is 3.11. The van der Waals surface area contributed by atoms with Crippen LogP contribution in [0.4, 0.5) is 0 Å². The van der Waals surface area contributed by atoms with Gasteiger partial charge in [-0.1, -0.05) is 20.8 Å². The minimum Gasteiger partial charge on any atom is -0.342 e. The fraction of sp³-hybridized carbons (Fsp3) is 0.619. The van der Waals surface area contributed by atoms with Gasteiger partial charge in [-0.25, -0.2) is 0 Å². The van der Waals surface area contributed by atoms with Crippen LogP contribution in [0, 0.1) is 11.3 Å². The number of carbonyl (C=O) groups is 1. The maximum atomic E-state index is 12.7. The summed E-state index contributed by atoms with van der Waals surface area (Å²) in [5, 5.41) is 4.44. The molecule has 1 aliphatic rings. The summed E-state index contributed by atoms with van der Waals surface area (Å²) in [6.45, 7) is 11.9. The molecule has 0 aliphatic carbocycles. The molecule has 146 valence electrons. The van der Waals surface area contributed by atoms with Crippen LogP contribution in [0.5, 0.6) is 0 Å². The number of piperidine rings is 1. The summed E-state index contributed by atoms with van der Waals surface area (Å²) >= 11 is 0. The van der Waals surface area contributed by atoms with E-state index in [9.17, 15) is 4.79 Å². The number of carbonyl (C=O) groups excluding carboxylic acids is 1. The third kappa shape index (κ3) is 4.37. The van der Waals surface area contributed by atoms with E-state index in [4.69, 9.17) is 0 Å². The normalized spacial score (nSPS) is 18.1. The molecule has 1 unspecified atom stereocenters. The highest BCUT2D eigenvalue weighted by Gasteiger charge is 2.31. The van der Waals surface area contributed by atoms with Crippen LogP contribution in [0.1, 0.15) is 59.2 Å². The number of rotatable bonds is 4. The number of amides is 1. The zero-order valence-electron chi connectivity index (χ0n) is 17.1. The van der Waals surface area contributed by atoms with Crippen molar-refractivity contribution < 1.29 is 4.79 Å². The molecule has 6 heteroatoms. The van der Waals surface area contributed by atoms with Crippen molar-refractivity contribution in [3.05, 3.63) is 30.4 Å². The SMILES string of the molecule is CC(C)n1nccc1-c1nccnc1CC1CCCN(C(=O)C(C)(C)C)C1. The second kappa shape index (κ2) is 7.79. The van der Waals surface area contributed by atoms with E-state index in [0.717, 1.165) is 49.4 Å². The van der Waals surface area contributed by atoms with Gasteiger partial charge in [-0.15, -0.1) is 0 Å². The van der Waals surface area contributed by atoms with Crippen molar-refractivity contribution in [2.75, 3.05) is 13.1 Å². The first-order chi connectivity index (χ1) is 12.8.